The Balaban J connectivity index is 1.40. The average Bonchev–Trinajstić information content (AvgIpc) is 3.39. The first-order valence-electron chi connectivity index (χ1n) is 10.5. The maximum atomic E-state index is 12.8. The molecule has 4 aromatic rings. The lowest BCUT2D eigenvalue weighted by Gasteiger charge is -2.06. The van der Waals surface area contributed by atoms with Crippen LogP contribution in [0.2, 0.25) is 0 Å². The van der Waals surface area contributed by atoms with Crippen LogP contribution in [0.5, 0.6) is 0 Å². The van der Waals surface area contributed by atoms with E-state index in [-0.39, 0.29) is 11.7 Å². The largest absolute Gasteiger partial charge is 0.337 e. The Kier molecular flexibility index (Phi) is 5.38. The van der Waals surface area contributed by atoms with Crippen molar-refractivity contribution in [1.29, 1.82) is 0 Å². The molecule has 5 nitrogen and oxygen atoms in total. The van der Waals surface area contributed by atoms with Gasteiger partial charge in [0.05, 0.1) is 10.6 Å². The second-order valence-electron chi connectivity index (χ2n) is 8.35. The smallest absolute Gasteiger partial charge is 0.254 e. The van der Waals surface area contributed by atoms with Crippen molar-refractivity contribution in [1.82, 2.24) is 9.88 Å². The summed E-state index contributed by atoms with van der Waals surface area (Å²) in [6.07, 6.45) is 3.37. The number of rotatable bonds is 5. The van der Waals surface area contributed by atoms with E-state index in [1.807, 2.05) is 50.4 Å². The predicted octanol–water partition coefficient (Wildman–Crippen LogP) is 5.35. The van der Waals surface area contributed by atoms with Gasteiger partial charge in [-0.3, -0.25) is 9.78 Å². The Labute approximate surface area is 197 Å². The van der Waals surface area contributed by atoms with Crippen LogP contribution in [-0.4, -0.2) is 31.3 Å². The molecule has 0 spiro atoms. The number of aryl methyl sites for hydroxylation is 1. The number of hydrogen-bond donors (Lipinski definition) is 0. The van der Waals surface area contributed by atoms with Gasteiger partial charge in [-0.15, -0.1) is 11.3 Å². The molecular formula is C26H22N2O3S2. The second-order valence-corrected chi connectivity index (χ2v) is 11.4. The van der Waals surface area contributed by atoms with Crippen molar-refractivity contribution in [2.24, 2.45) is 0 Å². The van der Waals surface area contributed by atoms with Crippen molar-refractivity contribution in [2.45, 2.75) is 24.1 Å². The van der Waals surface area contributed by atoms with Crippen LogP contribution in [0.1, 0.15) is 27.0 Å². The molecule has 1 aliphatic rings. The van der Waals surface area contributed by atoms with Crippen LogP contribution >= 0.6 is 11.3 Å². The summed E-state index contributed by atoms with van der Waals surface area (Å²) in [6, 6.07) is 18.8. The van der Waals surface area contributed by atoms with E-state index >= 15 is 0 Å². The summed E-state index contributed by atoms with van der Waals surface area (Å²) in [6.45, 7) is 2.56. The lowest BCUT2D eigenvalue weighted by atomic mass is 10.1. The van der Waals surface area contributed by atoms with Gasteiger partial charge < -0.3 is 4.90 Å². The van der Waals surface area contributed by atoms with E-state index in [9.17, 15) is 13.2 Å². The highest BCUT2D eigenvalue weighted by Crippen LogP contribution is 2.36. The maximum Gasteiger partial charge on any atom is 0.254 e. The topological polar surface area (TPSA) is 67.3 Å². The zero-order valence-electron chi connectivity index (χ0n) is 18.3. The van der Waals surface area contributed by atoms with Gasteiger partial charge in [-0.1, -0.05) is 23.8 Å². The molecule has 33 heavy (non-hydrogen) atoms. The highest BCUT2D eigenvalue weighted by molar-refractivity contribution is 7.90. The van der Waals surface area contributed by atoms with E-state index in [2.05, 4.69) is 17.1 Å². The number of nitrogens with zero attached hydrogens (tertiary/aromatic N) is 2. The zero-order chi connectivity index (χ0) is 23.2. The molecule has 7 heteroatoms. The summed E-state index contributed by atoms with van der Waals surface area (Å²) in [5.74, 6) is -0.0338. The molecule has 0 atom stereocenters. The van der Waals surface area contributed by atoms with Crippen LogP contribution in [0.3, 0.4) is 0 Å². The van der Waals surface area contributed by atoms with Gasteiger partial charge >= 0.3 is 0 Å². The number of sulfone groups is 1. The lowest BCUT2D eigenvalue weighted by molar-refractivity contribution is 0.0816. The van der Waals surface area contributed by atoms with Crippen molar-refractivity contribution in [3.8, 4) is 20.9 Å². The summed E-state index contributed by atoms with van der Waals surface area (Å²) in [4.78, 5) is 20.6. The molecule has 1 amide bonds. The van der Waals surface area contributed by atoms with Crippen LogP contribution < -0.4 is 0 Å². The molecule has 0 saturated carbocycles. The molecule has 166 valence electrons. The number of benzene rings is 2. The molecule has 3 heterocycles. The minimum absolute atomic E-state index is 0.0619. The molecular weight excluding hydrogens is 452 g/mol. The van der Waals surface area contributed by atoms with E-state index in [0.29, 0.717) is 17.0 Å². The summed E-state index contributed by atoms with van der Waals surface area (Å²) < 4.78 is 25.7. The Morgan fingerprint density at radius 2 is 1.67 bits per heavy atom. The molecule has 0 fully saturated rings. The van der Waals surface area contributed by atoms with Gasteiger partial charge in [0, 0.05) is 46.9 Å². The predicted molar refractivity (Wildman–Crippen MR) is 131 cm³/mol. The summed E-state index contributed by atoms with van der Waals surface area (Å²) in [5.41, 5.74) is 5.44. The van der Waals surface area contributed by atoms with Crippen molar-refractivity contribution in [2.75, 3.05) is 7.05 Å². The molecule has 0 saturated heterocycles. The maximum absolute atomic E-state index is 12.8. The first-order chi connectivity index (χ1) is 15.8. The fraction of sp³-hybridized carbons (Fsp3) is 0.154. The van der Waals surface area contributed by atoms with Gasteiger partial charge in [-0.2, -0.15) is 0 Å². The van der Waals surface area contributed by atoms with Crippen molar-refractivity contribution in [3.63, 3.8) is 0 Å². The lowest BCUT2D eigenvalue weighted by Crippen LogP contribution is -2.17. The quantitative estimate of drug-likeness (QED) is 0.391. The Morgan fingerprint density at radius 1 is 0.939 bits per heavy atom. The van der Waals surface area contributed by atoms with Gasteiger partial charge in [-0.05, 0) is 66.1 Å². The Hall–Kier alpha value is -3.29. The first kappa shape index (κ1) is 21.6. The van der Waals surface area contributed by atoms with Crippen LogP contribution in [0.15, 0.2) is 78.0 Å². The molecule has 0 N–H and O–H groups in total. The van der Waals surface area contributed by atoms with Crippen LogP contribution in [0, 0.1) is 6.92 Å². The minimum Gasteiger partial charge on any atom is -0.337 e. The Morgan fingerprint density at radius 3 is 2.42 bits per heavy atom. The van der Waals surface area contributed by atoms with Gasteiger partial charge in [-0.25, -0.2) is 8.42 Å². The fourth-order valence-corrected chi connectivity index (χ4v) is 6.31. The third-order valence-corrected chi connectivity index (χ3v) is 8.68. The van der Waals surface area contributed by atoms with Crippen LogP contribution in [0.4, 0.5) is 0 Å². The number of thiophene rings is 1. The molecule has 2 aromatic heterocycles. The monoisotopic (exact) mass is 474 g/mol. The number of hydrogen-bond acceptors (Lipinski definition) is 5. The number of amides is 1. The van der Waals surface area contributed by atoms with Crippen LogP contribution in [-0.2, 0) is 22.1 Å². The van der Waals surface area contributed by atoms with Gasteiger partial charge in [0.25, 0.3) is 5.91 Å². The summed E-state index contributed by atoms with van der Waals surface area (Å²) in [5, 5.41) is 0. The van der Waals surface area contributed by atoms with E-state index < -0.39 is 9.84 Å². The van der Waals surface area contributed by atoms with Crippen molar-refractivity contribution >= 4 is 27.1 Å². The summed E-state index contributed by atoms with van der Waals surface area (Å²) in [7, 11) is -1.64. The highest BCUT2D eigenvalue weighted by atomic mass is 32.2. The molecule has 0 aliphatic carbocycles. The highest BCUT2D eigenvalue weighted by Gasteiger charge is 2.24. The molecule has 1 aliphatic heterocycles. The normalized spacial score (nSPS) is 13.4. The molecule has 0 unspecified atom stereocenters. The van der Waals surface area contributed by atoms with E-state index in [1.54, 1.807) is 40.8 Å². The first-order valence-corrected chi connectivity index (χ1v) is 13.0. The van der Waals surface area contributed by atoms with Crippen molar-refractivity contribution in [3.05, 3.63) is 95.3 Å². The van der Waals surface area contributed by atoms with Crippen molar-refractivity contribution < 1.29 is 13.2 Å². The average molecular weight is 475 g/mol. The van der Waals surface area contributed by atoms with Gasteiger partial charge in [0.15, 0.2) is 9.84 Å². The number of carbonyl (C=O) groups excluding carboxylic acids is 1. The minimum atomic E-state index is -3.45. The number of fused-ring (bicyclic) bond motifs is 1. The zero-order valence-corrected chi connectivity index (χ0v) is 19.9. The number of aromatic nitrogens is 1. The third-order valence-electron chi connectivity index (χ3n) is 5.80. The number of pyridine rings is 1. The Bertz CT molecular complexity index is 1470. The van der Waals surface area contributed by atoms with E-state index in [4.69, 9.17) is 0 Å². The SMILES string of the molecule is Cc1ccc(S(=O)(=O)Cc2cncc(-c3ccc(-c4ccc5c(c4)CN(C)C5=O)s3)c2)cc1. The molecule has 0 radical (unpaired) electrons. The van der Waals surface area contributed by atoms with Crippen LogP contribution in [0.25, 0.3) is 20.9 Å². The van der Waals surface area contributed by atoms with Gasteiger partial charge in [0.1, 0.15) is 0 Å². The molecule has 5 rings (SSSR count). The third kappa shape index (κ3) is 4.21. The second kappa shape index (κ2) is 8.24. The standard InChI is InChI=1S/C26H22N2O3S2/c1-17-3-6-22(7-4-17)33(30,31)16-18-11-20(14-27-13-18)25-10-9-24(32-25)19-5-8-23-21(12-19)15-28(2)26(23)29/h3-14H,15-16H2,1-2H3. The fourth-order valence-electron chi connectivity index (χ4n) is 4.02. The van der Waals surface area contributed by atoms with Gasteiger partial charge in [0.2, 0.25) is 0 Å². The number of carbonyl (C=O) groups is 1. The summed E-state index contributed by atoms with van der Waals surface area (Å²) >= 11 is 1.62. The molecule has 2 aromatic carbocycles. The van der Waals surface area contributed by atoms with E-state index in [0.717, 1.165) is 37.6 Å². The van der Waals surface area contributed by atoms with E-state index in [1.165, 1.54) is 0 Å². The molecule has 0 bridgehead atoms.